The Balaban J connectivity index is 5.20. The van der Waals surface area contributed by atoms with E-state index in [0.717, 1.165) is 114 Å². The standard InChI is InChI=1S/C81H158O17P2/c1-71(2)57-49-41-33-26-21-17-13-11-9-10-12-14-19-23-29-38-47-55-63-81(86)98-77(68-92-79(84)62-54-46-40-32-36-44-52-60-74(7)8)70-96-100(89,90)94-66-75(82)65-93-99(87,88)95-69-76(67-91-78(83)61-53-45-37-31-25-28-35-43-51-59-73(5)6)97-80(85)64-56-48-39-30-24-20-16-15-18-22-27-34-42-50-58-72(3)4/h71-77,82H,9-70H2,1-8H3,(H,87,88)(H,89,90)/t75?,76-,77-/m1/s1. The van der Waals surface area contributed by atoms with Crippen molar-refractivity contribution in [1.82, 2.24) is 0 Å². The number of aliphatic hydroxyl groups is 1. The maximum Gasteiger partial charge on any atom is 0.472 e. The van der Waals surface area contributed by atoms with Gasteiger partial charge in [-0.1, -0.05) is 364 Å². The van der Waals surface area contributed by atoms with Crippen molar-refractivity contribution in [3.8, 4) is 0 Å². The van der Waals surface area contributed by atoms with E-state index in [2.05, 4.69) is 55.4 Å². The van der Waals surface area contributed by atoms with Gasteiger partial charge in [-0.25, -0.2) is 9.13 Å². The monoisotopic (exact) mass is 1470 g/mol. The smallest absolute Gasteiger partial charge is 0.462 e. The molecule has 19 heteroatoms. The van der Waals surface area contributed by atoms with E-state index in [1.165, 1.54) is 212 Å². The number of carbonyl (C=O) groups is 4. The van der Waals surface area contributed by atoms with Gasteiger partial charge < -0.3 is 33.8 Å². The van der Waals surface area contributed by atoms with Gasteiger partial charge in [-0.2, -0.15) is 0 Å². The zero-order chi connectivity index (χ0) is 73.8. The molecule has 0 amide bonds. The molecule has 0 aromatic carbocycles. The first kappa shape index (κ1) is 98.1. The van der Waals surface area contributed by atoms with E-state index in [9.17, 15) is 43.2 Å². The van der Waals surface area contributed by atoms with Crippen LogP contribution in [0.1, 0.15) is 415 Å². The SMILES string of the molecule is CC(C)CCCCCCCCCCCCCCCCCCCCC(=O)O[C@H](COC(=O)CCCCCCCCCC(C)C)COP(=O)(O)OCC(O)COP(=O)(O)OC[C@@H](COC(=O)CCCCCCCCCCCC(C)C)OC(=O)CCCCCCCCCCCCCCCCC(C)C. The molecule has 0 rings (SSSR count). The second kappa shape index (κ2) is 70.1. The molecule has 0 bridgehead atoms. The van der Waals surface area contributed by atoms with E-state index in [0.29, 0.717) is 31.6 Å². The van der Waals surface area contributed by atoms with Crippen LogP contribution in [-0.4, -0.2) is 96.7 Å². The van der Waals surface area contributed by atoms with Gasteiger partial charge in [0.05, 0.1) is 26.4 Å². The summed E-state index contributed by atoms with van der Waals surface area (Å²) in [5, 5.41) is 10.6. The van der Waals surface area contributed by atoms with Gasteiger partial charge >= 0.3 is 39.5 Å². The minimum Gasteiger partial charge on any atom is -0.462 e. The highest BCUT2D eigenvalue weighted by Crippen LogP contribution is 2.45. The lowest BCUT2D eigenvalue weighted by atomic mass is 10.0. The lowest BCUT2D eigenvalue weighted by Crippen LogP contribution is -2.30. The predicted molar refractivity (Wildman–Crippen MR) is 409 cm³/mol. The quantitative estimate of drug-likeness (QED) is 0.0222. The topological polar surface area (TPSA) is 237 Å². The van der Waals surface area contributed by atoms with Crippen LogP contribution >= 0.6 is 15.6 Å². The average molecular weight is 1470 g/mol. The predicted octanol–water partition coefficient (Wildman–Crippen LogP) is 24.0. The molecule has 17 nitrogen and oxygen atoms in total. The lowest BCUT2D eigenvalue weighted by molar-refractivity contribution is -0.161. The molecule has 0 spiro atoms. The first-order valence-electron chi connectivity index (χ1n) is 41.7. The second-order valence-electron chi connectivity index (χ2n) is 31.1. The Kier molecular flexibility index (Phi) is 68.7. The minimum absolute atomic E-state index is 0.107. The summed E-state index contributed by atoms with van der Waals surface area (Å²) in [6.45, 7) is 14.2. The van der Waals surface area contributed by atoms with Crippen molar-refractivity contribution in [2.24, 2.45) is 23.7 Å². The maximum atomic E-state index is 13.1. The highest BCUT2D eigenvalue weighted by Gasteiger charge is 2.30. The molecule has 0 radical (unpaired) electrons. The number of phosphoric acid groups is 2. The molecule has 0 aliphatic rings. The summed E-state index contributed by atoms with van der Waals surface area (Å²) >= 11 is 0. The summed E-state index contributed by atoms with van der Waals surface area (Å²) in [6.07, 6.45) is 57.1. The number of ether oxygens (including phenoxy) is 4. The van der Waals surface area contributed by atoms with Gasteiger partial charge in [0.25, 0.3) is 0 Å². The summed E-state index contributed by atoms with van der Waals surface area (Å²) in [7, 11) is -9.92. The zero-order valence-electron chi connectivity index (χ0n) is 65.8. The Morgan fingerprint density at radius 3 is 0.620 bits per heavy atom. The van der Waals surface area contributed by atoms with E-state index in [4.69, 9.17) is 37.0 Å². The van der Waals surface area contributed by atoms with Crippen LogP contribution in [0.2, 0.25) is 0 Å². The van der Waals surface area contributed by atoms with E-state index >= 15 is 0 Å². The number of hydrogen-bond donors (Lipinski definition) is 3. The molecule has 0 fully saturated rings. The van der Waals surface area contributed by atoms with E-state index in [-0.39, 0.29) is 25.7 Å². The van der Waals surface area contributed by atoms with Crippen LogP contribution in [0.4, 0.5) is 0 Å². The van der Waals surface area contributed by atoms with Crippen LogP contribution in [0.3, 0.4) is 0 Å². The summed E-state index contributed by atoms with van der Waals surface area (Å²) < 4.78 is 68.7. The van der Waals surface area contributed by atoms with Gasteiger partial charge in [0, 0.05) is 25.7 Å². The van der Waals surface area contributed by atoms with Crippen LogP contribution in [0.15, 0.2) is 0 Å². The number of aliphatic hydroxyl groups excluding tert-OH is 1. The Labute approximate surface area is 613 Å². The summed E-state index contributed by atoms with van der Waals surface area (Å²) in [5.41, 5.74) is 0. The molecule has 100 heavy (non-hydrogen) atoms. The van der Waals surface area contributed by atoms with Gasteiger partial charge in [-0.15, -0.1) is 0 Å². The van der Waals surface area contributed by atoms with Crippen molar-refractivity contribution in [1.29, 1.82) is 0 Å². The number of phosphoric ester groups is 2. The summed E-state index contributed by atoms with van der Waals surface area (Å²) in [5.74, 6) is 0.949. The molecule has 3 unspecified atom stereocenters. The second-order valence-corrected chi connectivity index (χ2v) is 34.0. The zero-order valence-corrected chi connectivity index (χ0v) is 67.6. The Bertz CT molecular complexity index is 1950. The Hall–Kier alpha value is -1.94. The highest BCUT2D eigenvalue weighted by atomic mass is 31.2. The number of carbonyl (C=O) groups excluding carboxylic acids is 4. The van der Waals surface area contributed by atoms with Gasteiger partial charge in [-0.3, -0.25) is 37.3 Å². The van der Waals surface area contributed by atoms with Crippen LogP contribution < -0.4 is 0 Å². The fourth-order valence-electron chi connectivity index (χ4n) is 12.4. The number of esters is 4. The van der Waals surface area contributed by atoms with Crippen molar-refractivity contribution in [2.75, 3.05) is 39.6 Å². The third-order valence-corrected chi connectivity index (χ3v) is 20.7. The molecule has 0 saturated heterocycles. The molecule has 0 aromatic rings. The first-order chi connectivity index (χ1) is 48.1. The Morgan fingerprint density at radius 1 is 0.250 bits per heavy atom. The van der Waals surface area contributed by atoms with Crippen LogP contribution in [0.25, 0.3) is 0 Å². The van der Waals surface area contributed by atoms with Crippen molar-refractivity contribution in [3.63, 3.8) is 0 Å². The summed E-state index contributed by atoms with van der Waals surface area (Å²) in [4.78, 5) is 73.0. The van der Waals surface area contributed by atoms with E-state index < -0.39 is 97.5 Å². The molecule has 0 heterocycles. The first-order valence-corrected chi connectivity index (χ1v) is 44.7. The molecule has 594 valence electrons. The molecule has 0 aromatic heterocycles. The van der Waals surface area contributed by atoms with Gasteiger partial charge in [0.15, 0.2) is 12.2 Å². The largest absolute Gasteiger partial charge is 0.472 e. The highest BCUT2D eigenvalue weighted by molar-refractivity contribution is 7.47. The number of hydrogen-bond acceptors (Lipinski definition) is 15. The maximum absolute atomic E-state index is 13.1. The molecule has 0 aliphatic carbocycles. The molecule has 5 atom stereocenters. The molecule has 0 aliphatic heterocycles. The third kappa shape index (κ3) is 74.3. The van der Waals surface area contributed by atoms with Crippen LogP contribution in [0, 0.1) is 23.7 Å². The lowest BCUT2D eigenvalue weighted by Gasteiger charge is -2.21. The van der Waals surface area contributed by atoms with Crippen molar-refractivity contribution in [2.45, 2.75) is 433 Å². The van der Waals surface area contributed by atoms with Crippen molar-refractivity contribution >= 4 is 39.5 Å². The summed E-state index contributed by atoms with van der Waals surface area (Å²) in [6, 6.07) is 0. The minimum atomic E-state index is -4.96. The Morgan fingerprint density at radius 2 is 0.420 bits per heavy atom. The van der Waals surface area contributed by atoms with Crippen molar-refractivity contribution < 1.29 is 80.2 Å². The molecular weight excluding hydrogens is 1310 g/mol. The van der Waals surface area contributed by atoms with Crippen LogP contribution in [-0.2, 0) is 65.4 Å². The third-order valence-electron chi connectivity index (χ3n) is 18.8. The van der Waals surface area contributed by atoms with Gasteiger partial charge in [0.2, 0.25) is 0 Å². The molecular formula is C81H158O17P2. The normalized spacial score (nSPS) is 14.0. The molecule has 0 saturated carbocycles. The van der Waals surface area contributed by atoms with Crippen LogP contribution in [0.5, 0.6) is 0 Å². The average Bonchev–Trinajstić information content (AvgIpc) is 0.990. The van der Waals surface area contributed by atoms with E-state index in [1.54, 1.807) is 0 Å². The van der Waals surface area contributed by atoms with Crippen molar-refractivity contribution in [3.05, 3.63) is 0 Å². The van der Waals surface area contributed by atoms with Gasteiger partial charge in [-0.05, 0) is 49.4 Å². The number of unbranched alkanes of at least 4 members (excludes halogenated alkanes) is 44. The molecule has 3 N–H and O–H groups in total. The number of rotatable bonds is 78. The fourth-order valence-corrected chi connectivity index (χ4v) is 14.0. The van der Waals surface area contributed by atoms with Gasteiger partial charge in [0.1, 0.15) is 19.3 Å². The fraction of sp³-hybridized carbons (Fsp3) is 0.951. The van der Waals surface area contributed by atoms with E-state index in [1.807, 2.05) is 0 Å².